The molecule has 4 nitrogen and oxygen atoms in total. The summed E-state index contributed by atoms with van der Waals surface area (Å²) >= 11 is 1.79. The Hall–Kier alpha value is -1.20. The summed E-state index contributed by atoms with van der Waals surface area (Å²) in [5.41, 5.74) is 1.17. The molecule has 0 aliphatic carbocycles. The number of rotatable bonds is 4. The lowest BCUT2D eigenvalue weighted by molar-refractivity contribution is 0.423. The van der Waals surface area contributed by atoms with Crippen molar-refractivity contribution < 1.29 is 0 Å². The smallest absolute Gasteiger partial charge is 0.113 e. The van der Waals surface area contributed by atoms with Crippen molar-refractivity contribution in [3.8, 4) is 0 Å². The summed E-state index contributed by atoms with van der Waals surface area (Å²) < 4.78 is 2.29. The Kier molecular flexibility index (Phi) is 3.66. The van der Waals surface area contributed by atoms with E-state index < -0.39 is 0 Å². The van der Waals surface area contributed by atoms with Gasteiger partial charge in [0.15, 0.2) is 0 Å². The van der Waals surface area contributed by atoms with E-state index in [-0.39, 0.29) is 0 Å². The number of aryl methyl sites for hydroxylation is 3. The average Bonchev–Trinajstić information content (AvgIpc) is 2.97. The van der Waals surface area contributed by atoms with Crippen molar-refractivity contribution in [1.29, 1.82) is 0 Å². The number of aromatic nitrogens is 3. The molecule has 3 heterocycles. The van der Waals surface area contributed by atoms with Gasteiger partial charge in [-0.15, -0.1) is 11.3 Å². The molecule has 0 fully saturated rings. The summed E-state index contributed by atoms with van der Waals surface area (Å²) in [5, 5.41) is 4.73. The van der Waals surface area contributed by atoms with Gasteiger partial charge in [0.05, 0.1) is 10.7 Å². The predicted molar refractivity (Wildman–Crippen MR) is 77.5 cm³/mol. The molecule has 19 heavy (non-hydrogen) atoms. The van der Waals surface area contributed by atoms with Gasteiger partial charge in [-0.25, -0.2) is 9.97 Å². The average molecular weight is 276 g/mol. The molecule has 2 aromatic rings. The van der Waals surface area contributed by atoms with Crippen LogP contribution in [0.15, 0.2) is 12.4 Å². The zero-order chi connectivity index (χ0) is 13.2. The zero-order valence-corrected chi connectivity index (χ0v) is 12.3. The largest absolute Gasteiger partial charge is 0.335 e. The van der Waals surface area contributed by atoms with Gasteiger partial charge in [0.25, 0.3) is 0 Å². The third-order valence-corrected chi connectivity index (χ3v) is 4.81. The fraction of sp³-hybridized carbons (Fsp3) is 0.571. The maximum Gasteiger partial charge on any atom is 0.113 e. The number of hydrogen-bond donors (Lipinski definition) is 1. The fourth-order valence-electron chi connectivity index (χ4n) is 2.80. The summed E-state index contributed by atoms with van der Waals surface area (Å²) in [6.07, 6.45) is 6.52. The predicted octanol–water partition coefficient (Wildman–Crippen LogP) is 2.62. The molecule has 0 spiro atoms. The highest BCUT2D eigenvalue weighted by Gasteiger charge is 2.20. The van der Waals surface area contributed by atoms with Crippen LogP contribution >= 0.6 is 11.3 Å². The van der Waals surface area contributed by atoms with Gasteiger partial charge in [0, 0.05) is 42.8 Å². The van der Waals surface area contributed by atoms with Gasteiger partial charge in [0.1, 0.15) is 5.82 Å². The van der Waals surface area contributed by atoms with E-state index in [1.54, 1.807) is 11.3 Å². The number of hydrogen-bond acceptors (Lipinski definition) is 4. The molecule has 1 N–H and O–H groups in total. The lowest BCUT2D eigenvalue weighted by Gasteiger charge is -2.23. The first-order valence-corrected chi connectivity index (χ1v) is 7.70. The second-order valence-corrected chi connectivity index (χ2v) is 6.48. The lowest BCUT2D eigenvalue weighted by Crippen LogP contribution is -2.26. The second kappa shape index (κ2) is 5.43. The van der Waals surface area contributed by atoms with Crippen LogP contribution in [0.25, 0.3) is 0 Å². The second-order valence-electron chi connectivity index (χ2n) is 5.19. The van der Waals surface area contributed by atoms with Crippen LogP contribution in [0.5, 0.6) is 0 Å². The molecule has 3 rings (SSSR count). The Bertz CT molecular complexity index is 558. The van der Waals surface area contributed by atoms with Gasteiger partial charge in [-0.1, -0.05) is 0 Å². The van der Waals surface area contributed by atoms with Gasteiger partial charge in [-0.3, -0.25) is 0 Å². The summed E-state index contributed by atoms with van der Waals surface area (Å²) in [5.74, 6) is 1.80. The van der Waals surface area contributed by atoms with Gasteiger partial charge in [-0.05, 0) is 26.7 Å². The van der Waals surface area contributed by atoms with Crippen LogP contribution in [-0.4, -0.2) is 21.1 Å². The Morgan fingerprint density at radius 3 is 3.16 bits per heavy atom. The highest BCUT2D eigenvalue weighted by atomic mass is 32.1. The maximum atomic E-state index is 4.50. The Morgan fingerprint density at radius 2 is 2.37 bits per heavy atom. The van der Waals surface area contributed by atoms with Crippen LogP contribution in [0.2, 0.25) is 0 Å². The van der Waals surface area contributed by atoms with Crippen LogP contribution in [0.4, 0.5) is 0 Å². The highest BCUT2D eigenvalue weighted by Crippen LogP contribution is 2.25. The number of nitrogens with zero attached hydrogens (tertiary/aromatic N) is 3. The van der Waals surface area contributed by atoms with Crippen molar-refractivity contribution in [3.63, 3.8) is 0 Å². The molecule has 1 aliphatic rings. The number of imidazole rings is 1. The first kappa shape index (κ1) is 12.8. The summed E-state index contributed by atoms with van der Waals surface area (Å²) in [7, 11) is 0. The molecule has 1 aliphatic heterocycles. The van der Waals surface area contributed by atoms with Crippen molar-refractivity contribution in [2.45, 2.75) is 45.7 Å². The molecule has 1 unspecified atom stereocenters. The SMILES string of the molecule is Cc1nc(C)c(CNCC2CCCn3ccnc32)s1. The van der Waals surface area contributed by atoms with Crippen molar-refractivity contribution in [1.82, 2.24) is 19.9 Å². The summed E-state index contributed by atoms with van der Waals surface area (Å²) in [6.45, 7) is 7.22. The minimum absolute atomic E-state index is 0.554. The van der Waals surface area contributed by atoms with Crippen molar-refractivity contribution in [2.75, 3.05) is 6.54 Å². The van der Waals surface area contributed by atoms with Crippen LogP contribution in [-0.2, 0) is 13.1 Å². The van der Waals surface area contributed by atoms with E-state index in [1.807, 2.05) is 6.20 Å². The van der Waals surface area contributed by atoms with E-state index in [9.17, 15) is 0 Å². The monoisotopic (exact) mass is 276 g/mol. The molecule has 2 aromatic heterocycles. The molecule has 0 aromatic carbocycles. The zero-order valence-electron chi connectivity index (χ0n) is 11.5. The molecular weight excluding hydrogens is 256 g/mol. The standard InChI is InChI=1S/C14H20N4S/c1-10-13(19-11(2)17-10)9-15-8-12-4-3-6-18-7-5-16-14(12)18/h5,7,12,15H,3-4,6,8-9H2,1-2H3. The highest BCUT2D eigenvalue weighted by molar-refractivity contribution is 7.11. The van der Waals surface area contributed by atoms with Gasteiger partial charge >= 0.3 is 0 Å². The molecule has 102 valence electrons. The third-order valence-electron chi connectivity index (χ3n) is 3.74. The topological polar surface area (TPSA) is 42.7 Å². The van der Waals surface area contributed by atoms with E-state index >= 15 is 0 Å². The number of fused-ring (bicyclic) bond motifs is 1. The summed E-state index contributed by atoms with van der Waals surface area (Å²) in [6, 6.07) is 0. The maximum absolute atomic E-state index is 4.50. The minimum Gasteiger partial charge on any atom is -0.335 e. The minimum atomic E-state index is 0.554. The molecule has 0 amide bonds. The molecule has 5 heteroatoms. The van der Waals surface area contributed by atoms with E-state index in [0.29, 0.717) is 5.92 Å². The van der Waals surface area contributed by atoms with Crippen LogP contribution < -0.4 is 5.32 Å². The first-order chi connectivity index (χ1) is 9.24. The first-order valence-electron chi connectivity index (χ1n) is 6.88. The molecule has 0 radical (unpaired) electrons. The molecule has 0 saturated heterocycles. The van der Waals surface area contributed by atoms with Crippen molar-refractivity contribution >= 4 is 11.3 Å². The van der Waals surface area contributed by atoms with E-state index in [4.69, 9.17) is 0 Å². The molecule has 0 bridgehead atoms. The van der Waals surface area contributed by atoms with E-state index in [1.165, 1.54) is 29.2 Å². The lowest BCUT2D eigenvalue weighted by atomic mass is 9.99. The van der Waals surface area contributed by atoms with Crippen molar-refractivity contribution in [2.24, 2.45) is 0 Å². The Morgan fingerprint density at radius 1 is 1.47 bits per heavy atom. The number of thiazole rings is 1. The van der Waals surface area contributed by atoms with E-state index in [0.717, 1.165) is 24.6 Å². The quantitative estimate of drug-likeness (QED) is 0.933. The molecule has 0 saturated carbocycles. The molecule has 1 atom stereocenters. The van der Waals surface area contributed by atoms with Gasteiger partial charge in [-0.2, -0.15) is 0 Å². The van der Waals surface area contributed by atoms with Gasteiger partial charge < -0.3 is 9.88 Å². The fourth-order valence-corrected chi connectivity index (χ4v) is 3.70. The summed E-state index contributed by atoms with van der Waals surface area (Å²) in [4.78, 5) is 10.3. The van der Waals surface area contributed by atoms with Crippen molar-refractivity contribution in [3.05, 3.63) is 33.8 Å². The molecular formula is C14H20N4S. The van der Waals surface area contributed by atoms with Crippen LogP contribution in [0.3, 0.4) is 0 Å². The Balaban J connectivity index is 1.58. The Labute approximate surface area is 117 Å². The van der Waals surface area contributed by atoms with E-state index in [2.05, 4.69) is 39.9 Å². The third kappa shape index (κ3) is 2.72. The number of nitrogens with one attached hydrogen (secondary N) is 1. The van der Waals surface area contributed by atoms with Crippen LogP contribution in [0, 0.1) is 13.8 Å². The van der Waals surface area contributed by atoms with Gasteiger partial charge in [0.2, 0.25) is 0 Å². The van der Waals surface area contributed by atoms with Crippen LogP contribution in [0.1, 0.15) is 40.2 Å². The normalized spacial score (nSPS) is 18.5.